The van der Waals surface area contributed by atoms with Gasteiger partial charge in [-0.1, -0.05) is 25.4 Å². The molecule has 0 bridgehead atoms. The monoisotopic (exact) mass is 302 g/mol. The van der Waals surface area contributed by atoms with E-state index in [9.17, 15) is 4.39 Å². The van der Waals surface area contributed by atoms with E-state index in [1.165, 1.54) is 6.07 Å². The number of hydrogen-bond donors (Lipinski definition) is 0. The second kappa shape index (κ2) is 4.26. The van der Waals surface area contributed by atoms with Crippen LogP contribution in [0, 0.1) is 5.82 Å². The first-order valence-corrected chi connectivity index (χ1v) is 5.98. The summed E-state index contributed by atoms with van der Waals surface area (Å²) in [7, 11) is 0. The zero-order valence-corrected chi connectivity index (χ0v) is 11.1. The highest BCUT2D eigenvalue weighted by Crippen LogP contribution is 2.28. The van der Waals surface area contributed by atoms with E-state index in [2.05, 4.69) is 25.9 Å². The van der Waals surface area contributed by atoms with Crippen molar-refractivity contribution in [3.8, 4) is 0 Å². The molecule has 84 valence electrons. The normalized spacial score (nSPS) is 11.4. The molecule has 0 aliphatic heterocycles. The van der Waals surface area contributed by atoms with Crippen molar-refractivity contribution in [3.05, 3.63) is 33.4 Å². The van der Waals surface area contributed by atoms with Crippen LogP contribution < -0.4 is 0 Å². The highest BCUT2D eigenvalue weighted by atomic mass is 79.9. The quantitative estimate of drug-likeness (QED) is 0.734. The maximum atomic E-state index is 13.7. The molecule has 0 spiro atoms. The van der Waals surface area contributed by atoms with Crippen LogP contribution >= 0.6 is 27.5 Å². The molecule has 1 aromatic carbocycles. The summed E-state index contributed by atoms with van der Waals surface area (Å²) in [5, 5.41) is 0.931. The summed E-state index contributed by atoms with van der Waals surface area (Å²) in [6.45, 7) is 3.92. The highest BCUT2D eigenvalue weighted by Gasteiger charge is 2.12. The van der Waals surface area contributed by atoms with Gasteiger partial charge in [-0.2, -0.15) is 0 Å². The van der Waals surface area contributed by atoms with Crippen molar-refractivity contribution < 1.29 is 4.39 Å². The van der Waals surface area contributed by atoms with Gasteiger partial charge in [0.1, 0.15) is 15.9 Å². The zero-order chi connectivity index (χ0) is 11.9. The average Bonchev–Trinajstić information content (AvgIpc) is 2.19. The molecule has 0 radical (unpaired) electrons. The van der Waals surface area contributed by atoms with Crippen LogP contribution in [-0.4, -0.2) is 9.97 Å². The average molecular weight is 304 g/mol. The lowest BCUT2D eigenvalue weighted by molar-refractivity contribution is 0.634. The number of halogens is 3. The summed E-state index contributed by atoms with van der Waals surface area (Å²) in [4.78, 5) is 8.46. The summed E-state index contributed by atoms with van der Waals surface area (Å²) in [6.07, 6.45) is 0. The van der Waals surface area contributed by atoms with Gasteiger partial charge >= 0.3 is 0 Å². The molecule has 1 aromatic heterocycles. The van der Waals surface area contributed by atoms with E-state index in [-0.39, 0.29) is 5.92 Å². The first-order chi connectivity index (χ1) is 7.49. The summed E-state index contributed by atoms with van der Waals surface area (Å²) in [6, 6.07) is 2.90. The van der Waals surface area contributed by atoms with Crippen LogP contribution in [0.5, 0.6) is 0 Å². The van der Waals surface area contributed by atoms with Crippen LogP contribution in [-0.2, 0) is 0 Å². The molecule has 0 aliphatic rings. The topological polar surface area (TPSA) is 25.8 Å². The van der Waals surface area contributed by atoms with E-state index >= 15 is 0 Å². The highest BCUT2D eigenvalue weighted by molar-refractivity contribution is 9.10. The summed E-state index contributed by atoms with van der Waals surface area (Å²) >= 11 is 9.09. The minimum Gasteiger partial charge on any atom is -0.229 e. The van der Waals surface area contributed by atoms with Crippen molar-refractivity contribution in [2.24, 2.45) is 0 Å². The van der Waals surface area contributed by atoms with E-state index < -0.39 is 5.82 Å². The summed E-state index contributed by atoms with van der Waals surface area (Å²) in [5.41, 5.74) is 0.301. The first kappa shape index (κ1) is 11.7. The molecule has 0 atom stereocenters. The lowest BCUT2D eigenvalue weighted by Gasteiger charge is -2.07. The van der Waals surface area contributed by atoms with E-state index in [1.54, 1.807) is 6.07 Å². The molecule has 0 saturated heterocycles. The van der Waals surface area contributed by atoms with E-state index in [4.69, 9.17) is 11.6 Å². The molecule has 16 heavy (non-hydrogen) atoms. The molecule has 0 amide bonds. The molecule has 5 heteroatoms. The summed E-state index contributed by atoms with van der Waals surface area (Å²) in [5.74, 6) is 0.337. The smallest absolute Gasteiger partial charge is 0.151 e. The molecule has 0 aliphatic carbocycles. The van der Waals surface area contributed by atoms with E-state index in [1.807, 2.05) is 13.8 Å². The molecular weight excluding hydrogens is 294 g/mol. The number of rotatable bonds is 1. The second-order valence-corrected chi connectivity index (χ2v) is 5.00. The molecular formula is C11H9BrClFN2. The van der Waals surface area contributed by atoms with Gasteiger partial charge in [0.05, 0.1) is 0 Å². The fourth-order valence-corrected chi connectivity index (χ4v) is 2.08. The van der Waals surface area contributed by atoms with Crippen molar-refractivity contribution in [1.82, 2.24) is 9.97 Å². The molecule has 1 heterocycles. The fraction of sp³-hybridized carbons (Fsp3) is 0.273. The van der Waals surface area contributed by atoms with Gasteiger partial charge in [0.2, 0.25) is 0 Å². The van der Waals surface area contributed by atoms with Crippen molar-refractivity contribution in [1.29, 1.82) is 0 Å². The lowest BCUT2D eigenvalue weighted by Crippen LogP contribution is -2.00. The van der Waals surface area contributed by atoms with Gasteiger partial charge in [-0.3, -0.25) is 0 Å². The van der Waals surface area contributed by atoms with Crippen molar-refractivity contribution in [2.75, 3.05) is 0 Å². The summed E-state index contributed by atoms with van der Waals surface area (Å²) < 4.78 is 14.2. The van der Waals surface area contributed by atoms with Gasteiger partial charge in [-0.15, -0.1) is 0 Å². The van der Waals surface area contributed by atoms with Crippen LogP contribution in [0.1, 0.15) is 25.6 Å². The molecule has 2 aromatic rings. The maximum absolute atomic E-state index is 13.7. The first-order valence-electron chi connectivity index (χ1n) is 4.81. The van der Waals surface area contributed by atoms with Gasteiger partial charge in [0.15, 0.2) is 5.82 Å². The molecule has 0 saturated carbocycles. The lowest BCUT2D eigenvalue weighted by atomic mass is 10.2. The molecule has 0 N–H and O–H groups in total. The standard InChI is InChI=1S/C11H9BrClFN2/c1-5(2)11-15-9-7(10(12)16-11)3-6(13)4-8(9)14/h3-5H,1-2H3. The molecule has 2 nitrogen and oxygen atoms in total. The van der Waals surface area contributed by atoms with Crippen LogP contribution in [0.4, 0.5) is 4.39 Å². The Balaban J connectivity index is 2.82. The Hall–Kier alpha value is -0.740. The van der Waals surface area contributed by atoms with Crippen molar-refractivity contribution in [2.45, 2.75) is 19.8 Å². The van der Waals surface area contributed by atoms with Crippen molar-refractivity contribution in [3.63, 3.8) is 0 Å². The third-order valence-corrected chi connectivity index (χ3v) is 3.03. The minimum atomic E-state index is -0.424. The van der Waals surface area contributed by atoms with Crippen LogP contribution in [0.15, 0.2) is 16.7 Å². The largest absolute Gasteiger partial charge is 0.229 e. The van der Waals surface area contributed by atoms with E-state index in [0.29, 0.717) is 26.4 Å². The van der Waals surface area contributed by atoms with Crippen LogP contribution in [0.2, 0.25) is 5.02 Å². The van der Waals surface area contributed by atoms with Gasteiger partial charge in [-0.25, -0.2) is 14.4 Å². The Morgan fingerprint density at radius 3 is 2.62 bits per heavy atom. The van der Waals surface area contributed by atoms with Gasteiger partial charge < -0.3 is 0 Å². The minimum absolute atomic E-state index is 0.149. The number of nitrogens with zero attached hydrogens (tertiary/aromatic N) is 2. The predicted octanol–water partition coefficient (Wildman–Crippen LogP) is 4.31. The Morgan fingerprint density at radius 2 is 2.00 bits per heavy atom. The third kappa shape index (κ3) is 2.04. The number of benzene rings is 1. The predicted molar refractivity (Wildman–Crippen MR) is 66.3 cm³/mol. The maximum Gasteiger partial charge on any atom is 0.151 e. The molecule has 0 unspecified atom stereocenters. The van der Waals surface area contributed by atoms with E-state index in [0.717, 1.165) is 0 Å². The molecule has 2 rings (SSSR count). The van der Waals surface area contributed by atoms with Gasteiger partial charge in [-0.05, 0) is 28.1 Å². The Kier molecular flexibility index (Phi) is 3.13. The van der Waals surface area contributed by atoms with Gasteiger partial charge in [0.25, 0.3) is 0 Å². The number of hydrogen-bond acceptors (Lipinski definition) is 2. The fourth-order valence-electron chi connectivity index (χ4n) is 1.40. The number of fused-ring (bicyclic) bond motifs is 1. The zero-order valence-electron chi connectivity index (χ0n) is 8.76. The Bertz CT molecular complexity index is 557. The second-order valence-electron chi connectivity index (χ2n) is 3.81. The Morgan fingerprint density at radius 1 is 1.31 bits per heavy atom. The van der Waals surface area contributed by atoms with Crippen LogP contribution in [0.3, 0.4) is 0 Å². The number of aromatic nitrogens is 2. The third-order valence-electron chi connectivity index (χ3n) is 2.21. The molecule has 0 fully saturated rings. The van der Waals surface area contributed by atoms with Crippen LogP contribution in [0.25, 0.3) is 10.9 Å². The Labute approximate surface area is 106 Å². The van der Waals surface area contributed by atoms with Gasteiger partial charge in [0, 0.05) is 16.3 Å². The van der Waals surface area contributed by atoms with Crippen molar-refractivity contribution >= 4 is 38.4 Å². The SMILES string of the molecule is CC(C)c1nc(Br)c2cc(Cl)cc(F)c2n1.